The third kappa shape index (κ3) is 4.57. The monoisotopic (exact) mass is 723 g/mol. The van der Waals surface area contributed by atoms with Gasteiger partial charge in [0.25, 0.3) is 0 Å². The van der Waals surface area contributed by atoms with Crippen LogP contribution in [0.15, 0.2) is 200 Å². The molecule has 3 heteroatoms. The number of pyridine rings is 1. The summed E-state index contributed by atoms with van der Waals surface area (Å²) in [5.41, 5.74) is 18.0. The molecule has 2 aliphatic rings. The lowest BCUT2D eigenvalue weighted by atomic mass is 9.69. The minimum Gasteiger partial charge on any atom is -0.247 e. The van der Waals surface area contributed by atoms with Crippen LogP contribution in [0.3, 0.4) is 0 Å². The molecule has 0 bridgehead atoms. The van der Waals surface area contributed by atoms with Crippen LogP contribution in [0.1, 0.15) is 22.3 Å². The van der Waals surface area contributed by atoms with E-state index < -0.39 is 5.41 Å². The van der Waals surface area contributed by atoms with Gasteiger partial charge in [-0.25, -0.2) is 15.0 Å². The van der Waals surface area contributed by atoms with Gasteiger partial charge in [-0.3, -0.25) is 0 Å². The predicted molar refractivity (Wildman–Crippen MR) is 233 cm³/mol. The second-order valence-corrected chi connectivity index (χ2v) is 15.1. The van der Waals surface area contributed by atoms with Crippen molar-refractivity contribution in [1.82, 2.24) is 15.0 Å². The van der Waals surface area contributed by atoms with E-state index in [4.69, 9.17) is 15.0 Å². The van der Waals surface area contributed by atoms with Crippen LogP contribution in [0, 0.1) is 0 Å². The van der Waals surface area contributed by atoms with Crippen LogP contribution in [0.4, 0.5) is 0 Å². The minimum absolute atomic E-state index is 0.443. The maximum absolute atomic E-state index is 5.65. The third-order valence-electron chi connectivity index (χ3n) is 12.1. The second-order valence-electron chi connectivity index (χ2n) is 15.1. The van der Waals surface area contributed by atoms with E-state index >= 15 is 0 Å². The largest absolute Gasteiger partial charge is 0.247 e. The first-order valence-corrected chi connectivity index (χ1v) is 19.5. The Labute approximate surface area is 330 Å². The Morgan fingerprint density at radius 1 is 0.281 bits per heavy atom. The van der Waals surface area contributed by atoms with Crippen molar-refractivity contribution in [2.24, 2.45) is 0 Å². The Kier molecular flexibility index (Phi) is 6.84. The molecule has 0 saturated carbocycles. The van der Waals surface area contributed by atoms with Gasteiger partial charge in [0, 0.05) is 38.6 Å². The highest BCUT2D eigenvalue weighted by Crippen LogP contribution is 2.64. The Morgan fingerprint density at radius 2 is 0.737 bits per heavy atom. The fourth-order valence-electron chi connectivity index (χ4n) is 9.66. The van der Waals surface area contributed by atoms with Gasteiger partial charge in [-0.05, 0) is 50.4 Å². The zero-order valence-electron chi connectivity index (χ0n) is 30.9. The van der Waals surface area contributed by atoms with E-state index in [1.54, 1.807) is 0 Å². The Balaban J connectivity index is 0.965. The molecule has 10 aromatic rings. The quantitative estimate of drug-likeness (QED) is 0.181. The highest BCUT2D eigenvalue weighted by Gasteiger charge is 2.53. The van der Waals surface area contributed by atoms with E-state index in [-0.39, 0.29) is 0 Å². The molecule has 0 amide bonds. The van der Waals surface area contributed by atoms with E-state index in [2.05, 4.69) is 176 Å². The van der Waals surface area contributed by atoms with Crippen LogP contribution >= 0.6 is 0 Å². The number of para-hydroxylation sites is 1. The molecule has 0 unspecified atom stereocenters. The lowest BCUT2D eigenvalue weighted by Crippen LogP contribution is -2.26. The number of aromatic nitrogens is 3. The Morgan fingerprint density at radius 3 is 1.37 bits per heavy atom. The van der Waals surface area contributed by atoms with Crippen LogP contribution < -0.4 is 0 Å². The lowest BCUT2D eigenvalue weighted by molar-refractivity contribution is 0.799. The predicted octanol–water partition coefficient (Wildman–Crippen LogP) is 13.2. The summed E-state index contributed by atoms with van der Waals surface area (Å²) >= 11 is 0. The van der Waals surface area contributed by atoms with E-state index in [0.717, 1.165) is 67.0 Å². The van der Waals surface area contributed by atoms with Gasteiger partial charge in [0.1, 0.15) is 0 Å². The molecule has 2 aromatic heterocycles. The maximum Gasteiger partial charge on any atom is 0.160 e. The number of hydrogen-bond acceptors (Lipinski definition) is 3. The summed E-state index contributed by atoms with van der Waals surface area (Å²) in [7, 11) is 0. The van der Waals surface area contributed by atoms with Crippen LogP contribution in [-0.4, -0.2) is 15.0 Å². The molecule has 2 aliphatic carbocycles. The van der Waals surface area contributed by atoms with Gasteiger partial charge in [0.2, 0.25) is 0 Å². The van der Waals surface area contributed by atoms with Crippen LogP contribution in [0.25, 0.3) is 89.1 Å². The third-order valence-corrected chi connectivity index (χ3v) is 12.1. The SMILES string of the molecule is c1ccc(-c2nc(-c3ccc(-c4ccc(-c5nc6c(c7ccccc57)C5(c7ccccc7-c7ccccc75)c5ccccc5-6)cc4)cc3)c3ccccc3n2)cc1. The molecular formula is C54H33N3. The van der Waals surface area contributed by atoms with Crippen LogP contribution in [0.5, 0.6) is 0 Å². The summed E-state index contributed by atoms with van der Waals surface area (Å²) < 4.78 is 0. The number of fused-ring (bicyclic) bond motifs is 13. The lowest BCUT2D eigenvalue weighted by Gasteiger charge is -2.31. The highest BCUT2D eigenvalue weighted by molar-refractivity contribution is 6.07. The van der Waals surface area contributed by atoms with Crippen molar-refractivity contribution in [2.75, 3.05) is 0 Å². The average molecular weight is 724 g/mol. The topological polar surface area (TPSA) is 38.7 Å². The smallest absolute Gasteiger partial charge is 0.160 e. The van der Waals surface area contributed by atoms with Crippen molar-refractivity contribution in [2.45, 2.75) is 5.41 Å². The number of rotatable bonds is 4. The van der Waals surface area contributed by atoms with Gasteiger partial charge >= 0.3 is 0 Å². The molecule has 0 N–H and O–H groups in total. The molecule has 12 rings (SSSR count). The normalized spacial score (nSPS) is 13.1. The zero-order valence-corrected chi connectivity index (χ0v) is 30.9. The van der Waals surface area contributed by atoms with E-state index in [9.17, 15) is 0 Å². The van der Waals surface area contributed by atoms with Crippen LogP contribution in [-0.2, 0) is 5.41 Å². The van der Waals surface area contributed by atoms with Gasteiger partial charge < -0.3 is 0 Å². The summed E-state index contributed by atoms with van der Waals surface area (Å²) in [6, 6.07) is 71.8. The molecule has 0 atom stereocenters. The van der Waals surface area contributed by atoms with Crippen molar-refractivity contribution >= 4 is 21.7 Å². The van der Waals surface area contributed by atoms with Crippen molar-refractivity contribution < 1.29 is 0 Å². The standard InChI is InChI=1S/C54H33N3/c1-2-14-38(15-3-1)53-55-48-25-13-9-21-44(48)51(57-53)37-32-28-35(29-33-37)34-26-30-36(31-27-34)50-42-19-5-4-18-41(42)49-52(56-50)43-20-8-12-24-47(43)54(49)45-22-10-6-16-39(45)40-17-7-11-23-46(40)54/h1-33H. The maximum atomic E-state index is 5.65. The zero-order chi connectivity index (χ0) is 37.5. The first-order valence-electron chi connectivity index (χ1n) is 19.5. The van der Waals surface area contributed by atoms with Gasteiger partial charge in [-0.2, -0.15) is 0 Å². The number of nitrogens with zero attached hydrogens (tertiary/aromatic N) is 3. The van der Waals surface area contributed by atoms with Crippen molar-refractivity contribution in [3.8, 4) is 67.4 Å². The summed E-state index contributed by atoms with van der Waals surface area (Å²) in [6.45, 7) is 0. The second kappa shape index (κ2) is 12.3. The van der Waals surface area contributed by atoms with E-state index in [1.807, 2.05) is 24.3 Å². The molecule has 264 valence electrons. The van der Waals surface area contributed by atoms with Crippen molar-refractivity contribution in [3.63, 3.8) is 0 Å². The fourth-order valence-corrected chi connectivity index (χ4v) is 9.66. The molecule has 57 heavy (non-hydrogen) atoms. The number of benzene rings is 8. The van der Waals surface area contributed by atoms with Crippen molar-refractivity contribution in [3.05, 3.63) is 222 Å². The molecule has 2 heterocycles. The average Bonchev–Trinajstić information content (AvgIpc) is 3.76. The summed E-state index contributed by atoms with van der Waals surface area (Å²) in [5, 5.41) is 3.44. The van der Waals surface area contributed by atoms with E-state index in [1.165, 1.54) is 44.3 Å². The molecule has 0 fully saturated rings. The van der Waals surface area contributed by atoms with Gasteiger partial charge in [0.05, 0.1) is 28.0 Å². The summed E-state index contributed by atoms with van der Waals surface area (Å²) in [5.74, 6) is 0.730. The molecule has 1 spiro atoms. The molecule has 0 saturated heterocycles. The highest BCUT2D eigenvalue weighted by atomic mass is 14.9. The molecule has 0 aliphatic heterocycles. The first-order chi connectivity index (χ1) is 28.3. The van der Waals surface area contributed by atoms with Gasteiger partial charge in [-0.1, -0.05) is 194 Å². The Bertz CT molecular complexity index is 3170. The molecule has 3 nitrogen and oxygen atoms in total. The Hall–Kier alpha value is -7.49. The minimum atomic E-state index is -0.443. The first kappa shape index (κ1) is 31.8. The molecule has 0 radical (unpaired) electrons. The number of hydrogen-bond donors (Lipinski definition) is 0. The summed E-state index contributed by atoms with van der Waals surface area (Å²) in [4.78, 5) is 15.6. The summed E-state index contributed by atoms with van der Waals surface area (Å²) in [6.07, 6.45) is 0. The van der Waals surface area contributed by atoms with Gasteiger partial charge in [-0.15, -0.1) is 0 Å². The van der Waals surface area contributed by atoms with E-state index in [0.29, 0.717) is 0 Å². The molecular weight excluding hydrogens is 691 g/mol. The molecule has 8 aromatic carbocycles. The van der Waals surface area contributed by atoms with Gasteiger partial charge in [0.15, 0.2) is 5.82 Å². The van der Waals surface area contributed by atoms with Crippen molar-refractivity contribution in [1.29, 1.82) is 0 Å². The van der Waals surface area contributed by atoms with Crippen LogP contribution in [0.2, 0.25) is 0 Å². The fraction of sp³-hybridized carbons (Fsp3) is 0.0185.